The molecule has 0 aliphatic rings. The van der Waals surface area contributed by atoms with E-state index < -0.39 is 0 Å². The number of hydrogen-bond acceptors (Lipinski definition) is 1. The number of nitrogens with zero attached hydrogens (tertiary/aromatic N) is 2. The summed E-state index contributed by atoms with van der Waals surface area (Å²) in [4.78, 5) is 4.61. The van der Waals surface area contributed by atoms with Gasteiger partial charge in [-0.1, -0.05) is 5.67 Å². The topological polar surface area (TPSA) is 15.6 Å². The minimum absolute atomic E-state index is 0.0379. The Balaban J connectivity index is 4.35. The molecular formula is C9H24N2Si2. The van der Waals surface area contributed by atoms with E-state index in [0.717, 1.165) is 0 Å². The van der Waals surface area contributed by atoms with E-state index in [1.54, 1.807) is 0 Å². The fourth-order valence-electron chi connectivity index (χ4n) is 1.48. The molecule has 0 aliphatic carbocycles. The van der Waals surface area contributed by atoms with Gasteiger partial charge < -0.3 is 4.57 Å². The van der Waals surface area contributed by atoms with Crippen molar-refractivity contribution < 1.29 is 0 Å². The number of hydrogen-bond donors (Lipinski definition) is 0. The van der Waals surface area contributed by atoms with Gasteiger partial charge in [0.1, 0.15) is 9.68 Å². The maximum Gasteiger partial charge on any atom is 0.122 e. The zero-order valence-corrected chi connectivity index (χ0v) is 13.4. The van der Waals surface area contributed by atoms with Crippen molar-refractivity contribution in [2.75, 3.05) is 0 Å². The van der Waals surface area contributed by atoms with Crippen LogP contribution in [0.15, 0.2) is 4.99 Å². The van der Waals surface area contributed by atoms with E-state index in [4.69, 9.17) is 0 Å². The van der Waals surface area contributed by atoms with Crippen molar-refractivity contribution in [3.05, 3.63) is 0 Å². The van der Waals surface area contributed by atoms with Gasteiger partial charge >= 0.3 is 0 Å². The molecule has 0 N–H and O–H groups in total. The Morgan fingerprint density at radius 1 is 1.38 bits per heavy atom. The van der Waals surface area contributed by atoms with E-state index in [9.17, 15) is 0 Å². The van der Waals surface area contributed by atoms with Crippen molar-refractivity contribution in [2.24, 2.45) is 4.99 Å². The predicted octanol–water partition coefficient (Wildman–Crippen LogP) is 0.349. The van der Waals surface area contributed by atoms with Crippen LogP contribution in [0.3, 0.4) is 0 Å². The monoisotopic (exact) mass is 216 g/mol. The Kier molecular flexibility index (Phi) is 6.32. The summed E-state index contributed by atoms with van der Waals surface area (Å²) in [5.74, 6) is 1.26. The Morgan fingerprint density at radius 3 is 2.23 bits per heavy atom. The number of aliphatic imine (C=N–C) groups is 1. The Morgan fingerprint density at radius 2 is 1.92 bits per heavy atom. The highest BCUT2D eigenvalue weighted by molar-refractivity contribution is 6.47. The van der Waals surface area contributed by atoms with Gasteiger partial charge in [0.25, 0.3) is 0 Å². The quantitative estimate of drug-likeness (QED) is 0.376. The molecule has 0 unspecified atom stereocenters. The molecule has 13 heavy (non-hydrogen) atoms. The summed E-state index contributed by atoms with van der Waals surface area (Å²) in [5.41, 5.74) is 1.46. The number of amidine groups is 1. The van der Waals surface area contributed by atoms with E-state index in [-0.39, 0.29) is 9.68 Å². The van der Waals surface area contributed by atoms with Crippen LogP contribution in [0.4, 0.5) is 0 Å². The van der Waals surface area contributed by atoms with Crippen LogP contribution in [-0.4, -0.2) is 42.4 Å². The van der Waals surface area contributed by atoms with Gasteiger partial charge in [0, 0.05) is 22.3 Å². The zero-order valence-electron chi connectivity index (χ0n) is 9.96. The van der Waals surface area contributed by atoms with Gasteiger partial charge in [-0.15, -0.1) is 0 Å². The summed E-state index contributed by atoms with van der Waals surface area (Å²) in [5, 5.41) is 0. The van der Waals surface area contributed by atoms with Crippen LogP contribution in [0.2, 0.25) is 5.67 Å². The summed E-state index contributed by atoms with van der Waals surface area (Å²) in [7, 11) is 1.30. The van der Waals surface area contributed by atoms with Crippen LogP contribution >= 0.6 is 0 Å². The van der Waals surface area contributed by atoms with Gasteiger partial charge in [-0.05, 0) is 34.6 Å². The van der Waals surface area contributed by atoms with Crippen LogP contribution in [0, 0.1) is 0 Å². The Bertz CT molecular complexity index is 167. The standard InChI is InChI=1S/C9H24N2Si2/c1-7(2)10-9(5)11(8(3)4)13-6-12/h7-8H,6,13H2,1-5,12H3. The van der Waals surface area contributed by atoms with E-state index in [2.05, 4.69) is 44.2 Å². The normalized spacial score (nSPS) is 13.9. The van der Waals surface area contributed by atoms with E-state index in [1.807, 2.05) is 0 Å². The largest absolute Gasteiger partial charge is 0.391 e. The molecule has 0 rings (SSSR count). The predicted molar refractivity (Wildman–Crippen MR) is 68.5 cm³/mol. The van der Waals surface area contributed by atoms with Gasteiger partial charge in [-0.25, -0.2) is 0 Å². The molecule has 0 heterocycles. The first-order valence-electron chi connectivity index (χ1n) is 5.30. The summed E-state index contributed by atoms with van der Waals surface area (Å²) in [6.45, 7) is 11.0. The average Bonchev–Trinajstić information content (AvgIpc) is 1.97. The zero-order chi connectivity index (χ0) is 10.4. The van der Waals surface area contributed by atoms with Crippen molar-refractivity contribution >= 4 is 25.8 Å². The highest BCUT2D eigenvalue weighted by Gasteiger charge is 2.09. The molecule has 0 saturated heterocycles. The Hall–Kier alpha value is -0.0962. The highest BCUT2D eigenvalue weighted by atomic mass is 28.3. The van der Waals surface area contributed by atoms with Gasteiger partial charge in [-0.3, -0.25) is 4.99 Å². The lowest BCUT2D eigenvalue weighted by atomic mass is 10.4. The van der Waals surface area contributed by atoms with Gasteiger partial charge in [0.15, 0.2) is 0 Å². The highest BCUT2D eigenvalue weighted by Crippen LogP contribution is 2.01. The molecule has 0 aromatic rings. The number of rotatable bonds is 4. The van der Waals surface area contributed by atoms with Crippen molar-refractivity contribution in [1.29, 1.82) is 0 Å². The molecule has 0 atom stereocenters. The third-order valence-corrected chi connectivity index (χ3v) is 5.41. The molecule has 0 aromatic heterocycles. The van der Waals surface area contributed by atoms with Crippen LogP contribution in [0.25, 0.3) is 0 Å². The molecule has 0 bridgehead atoms. The first-order valence-corrected chi connectivity index (χ1v) is 8.34. The van der Waals surface area contributed by atoms with Crippen LogP contribution in [0.1, 0.15) is 34.6 Å². The molecule has 0 radical (unpaired) electrons. The molecule has 4 heteroatoms. The summed E-state index contributed by atoms with van der Waals surface area (Å²) < 4.78 is 2.53. The first kappa shape index (κ1) is 12.9. The minimum Gasteiger partial charge on any atom is -0.391 e. The second-order valence-corrected chi connectivity index (χ2v) is 9.19. The van der Waals surface area contributed by atoms with Crippen LogP contribution in [0.5, 0.6) is 0 Å². The fraction of sp³-hybridized carbons (Fsp3) is 0.889. The second-order valence-electron chi connectivity index (χ2n) is 4.06. The van der Waals surface area contributed by atoms with E-state index in [0.29, 0.717) is 12.1 Å². The minimum atomic E-state index is -0.0379. The lowest BCUT2D eigenvalue weighted by Gasteiger charge is -2.28. The van der Waals surface area contributed by atoms with Crippen molar-refractivity contribution in [2.45, 2.75) is 52.4 Å². The maximum atomic E-state index is 4.61. The fourth-order valence-corrected chi connectivity index (χ4v) is 4.33. The summed E-state index contributed by atoms with van der Waals surface area (Å²) in [6.07, 6.45) is 0. The lowest BCUT2D eigenvalue weighted by molar-refractivity contribution is 0.518. The SMILES string of the molecule is CC(=NC(C)C)N([SiH2]C[SiH3])C(C)C. The Labute approximate surface area is 88.1 Å². The van der Waals surface area contributed by atoms with Crippen molar-refractivity contribution in [3.8, 4) is 0 Å². The smallest absolute Gasteiger partial charge is 0.122 e. The average molecular weight is 216 g/mol. The molecule has 0 aromatic carbocycles. The second kappa shape index (κ2) is 6.37. The van der Waals surface area contributed by atoms with Gasteiger partial charge in [-0.2, -0.15) is 0 Å². The molecule has 0 saturated carbocycles. The third kappa shape index (κ3) is 5.26. The molecule has 0 amide bonds. The third-order valence-electron chi connectivity index (χ3n) is 1.95. The van der Waals surface area contributed by atoms with Crippen molar-refractivity contribution in [3.63, 3.8) is 0 Å². The molecule has 2 nitrogen and oxygen atoms in total. The molecule has 0 fully saturated rings. The summed E-state index contributed by atoms with van der Waals surface area (Å²) >= 11 is 0. The van der Waals surface area contributed by atoms with Gasteiger partial charge in [0.05, 0.1) is 5.84 Å². The van der Waals surface area contributed by atoms with E-state index >= 15 is 0 Å². The van der Waals surface area contributed by atoms with Crippen LogP contribution < -0.4 is 0 Å². The maximum absolute atomic E-state index is 4.61. The molecular weight excluding hydrogens is 192 g/mol. The first-order chi connectivity index (χ1) is 5.99. The molecule has 78 valence electrons. The van der Waals surface area contributed by atoms with Gasteiger partial charge in [0.2, 0.25) is 0 Å². The lowest BCUT2D eigenvalue weighted by Crippen LogP contribution is -2.38. The molecule has 0 aliphatic heterocycles. The van der Waals surface area contributed by atoms with Crippen LogP contribution in [-0.2, 0) is 0 Å². The summed E-state index contributed by atoms with van der Waals surface area (Å²) in [6, 6.07) is 1.08. The van der Waals surface area contributed by atoms with Crippen molar-refractivity contribution in [1.82, 2.24) is 4.57 Å². The molecule has 0 spiro atoms. The van der Waals surface area contributed by atoms with E-state index in [1.165, 1.54) is 21.7 Å².